The standard InChI is InChI=1S/C29H31N2S2/c1-4-30-24-12-6-8-14-26(24)32-28(30)16-10-11-22-17-21(3)18-23(19-22)20-29-31(5-2)25-13-7-9-15-27(25)33-29/h6-16,19-21H,4-5,17-18H2,1-3H3/q+1/t21-/m0/s1. The molecule has 2 heterocycles. The minimum absolute atomic E-state index is 0.662. The van der Waals surface area contributed by atoms with Gasteiger partial charge in [-0.3, -0.25) is 0 Å². The maximum Gasteiger partial charge on any atom is 0.262 e. The van der Waals surface area contributed by atoms with Crippen LogP contribution in [0.3, 0.4) is 0 Å². The molecule has 1 atom stereocenters. The van der Waals surface area contributed by atoms with E-state index in [9.17, 15) is 0 Å². The molecule has 33 heavy (non-hydrogen) atoms. The average Bonchev–Trinajstić information content (AvgIpc) is 3.35. The lowest BCUT2D eigenvalue weighted by Crippen LogP contribution is -2.33. The van der Waals surface area contributed by atoms with E-state index in [-0.39, 0.29) is 0 Å². The summed E-state index contributed by atoms with van der Waals surface area (Å²) in [5.74, 6) is 0.662. The molecule has 168 valence electrons. The van der Waals surface area contributed by atoms with E-state index in [1.807, 2.05) is 23.1 Å². The highest BCUT2D eigenvalue weighted by Crippen LogP contribution is 2.46. The molecule has 2 aromatic carbocycles. The summed E-state index contributed by atoms with van der Waals surface area (Å²) in [7, 11) is 0. The number of nitrogens with zero attached hydrogens (tertiary/aromatic N) is 2. The quantitative estimate of drug-likeness (QED) is 0.348. The molecule has 0 spiro atoms. The lowest BCUT2D eigenvalue weighted by Gasteiger charge is -2.22. The minimum atomic E-state index is 0.662. The number of thioether (sulfide) groups is 1. The molecule has 2 nitrogen and oxygen atoms in total. The van der Waals surface area contributed by atoms with Gasteiger partial charge in [0, 0.05) is 23.6 Å². The fourth-order valence-electron chi connectivity index (χ4n) is 4.85. The zero-order chi connectivity index (χ0) is 22.8. The number of allylic oxidation sites excluding steroid dienone is 6. The van der Waals surface area contributed by atoms with Crippen molar-refractivity contribution in [3.8, 4) is 0 Å². The lowest BCUT2D eigenvalue weighted by atomic mass is 9.87. The van der Waals surface area contributed by atoms with Crippen LogP contribution in [0.5, 0.6) is 0 Å². The summed E-state index contributed by atoms with van der Waals surface area (Å²) < 4.78 is 3.75. The average molecular weight is 472 g/mol. The van der Waals surface area contributed by atoms with Crippen molar-refractivity contribution in [1.82, 2.24) is 0 Å². The molecule has 4 heteroatoms. The molecule has 1 aliphatic carbocycles. The van der Waals surface area contributed by atoms with Gasteiger partial charge in [0.1, 0.15) is 11.2 Å². The second-order valence-electron chi connectivity index (χ2n) is 8.78. The Kier molecular flexibility index (Phi) is 6.57. The Morgan fingerprint density at radius 3 is 2.73 bits per heavy atom. The molecule has 0 N–H and O–H groups in total. The van der Waals surface area contributed by atoms with Crippen molar-refractivity contribution in [3.63, 3.8) is 0 Å². The number of fused-ring (bicyclic) bond motifs is 2. The second kappa shape index (κ2) is 9.74. The van der Waals surface area contributed by atoms with E-state index in [0.717, 1.165) is 25.9 Å². The van der Waals surface area contributed by atoms with Crippen molar-refractivity contribution in [3.05, 3.63) is 94.0 Å². The molecule has 1 aromatic heterocycles. The van der Waals surface area contributed by atoms with Crippen LogP contribution in [0.15, 0.2) is 93.9 Å². The fraction of sp³-hybridized carbons (Fsp3) is 0.276. The molecule has 1 aliphatic heterocycles. The van der Waals surface area contributed by atoms with Gasteiger partial charge in [0.25, 0.3) is 5.01 Å². The van der Waals surface area contributed by atoms with Crippen LogP contribution >= 0.6 is 23.1 Å². The zero-order valence-corrected chi connectivity index (χ0v) is 21.3. The van der Waals surface area contributed by atoms with Crippen LogP contribution in [0.25, 0.3) is 16.3 Å². The molecule has 0 amide bonds. The molecule has 3 aromatic rings. The fourth-order valence-corrected chi connectivity index (χ4v) is 7.19. The number of thiazole rings is 1. The Hall–Kier alpha value is -2.56. The molecule has 0 saturated heterocycles. The van der Waals surface area contributed by atoms with Crippen LogP contribution in [0.1, 0.15) is 38.6 Å². The first kappa shape index (κ1) is 22.2. The van der Waals surface area contributed by atoms with E-state index in [1.165, 1.54) is 42.0 Å². The highest BCUT2D eigenvalue weighted by Gasteiger charge is 2.24. The van der Waals surface area contributed by atoms with Crippen molar-refractivity contribution in [2.24, 2.45) is 5.92 Å². The van der Waals surface area contributed by atoms with E-state index >= 15 is 0 Å². The first-order chi connectivity index (χ1) is 16.2. The van der Waals surface area contributed by atoms with Crippen molar-refractivity contribution < 1.29 is 4.57 Å². The predicted molar refractivity (Wildman–Crippen MR) is 145 cm³/mol. The van der Waals surface area contributed by atoms with E-state index in [1.54, 1.807) is 0 Å². The summed E-state index contributed by atoms with van der Waals surface area (Å²) in [5, 5.41) is 2.66. The highest BCUT2D eigenvalue weighted by molar-refractivity contribution is 8.03. The number of para-hydroxylation sites is 2. The number of rotatable bonds is 5. The van der Waals surface area contributed by atoms with Gasteiger partial charge in [0.15, 0.2) is 0 Å². The van der Waals surface area contributed by atoms with Gasteiger partial charge in [0.05, 0.1) is 10.7 Å². The molecule has 2 aliphatic rings. The Labute approximate surface area is 205 Å². The Morgan fingerprint density at radius 2 is 1.88 bits per heavy atom. The summed E-state index contributed by atoms with van der Waals surface area (Å²) in [6.07, 6.45) is 13.9. The number of anilines is 1. The van der Waals surface area contributed by atoms with E-state index < -0.39 is 0 Å². The third kappa shape index (κ3) is 4.60. The molecular weight excluding hydrogens is 440 g/mol. The third-order valence-electron chi connectivity index (χ3n) is 6.30. The van der Waals surface area contributed by atoms with Crippen LogP contribution in [0.2, 0.25) is 0 Å². The summed E-state index contributed by atoms with van der Waals surface area (Å²) >= 11 is 3.77. The molecular formula is C29H31N2S2+. The van der Waals surface area contributed by atoms with Crippen LogP contribution in [0.4, 0.5) is 5.69 Å². The SMILES string of the molecule is CCN1C(=CC2=CC(=CC=Cc3sc4ccccc4[n+]3CC)C[C@H](C)C2)Sc2ccccc21. The first-order valence-electron chi connectivity index (χ1n) is 11.9. The molecule has 0 unspecified atom stereocenters. The number of hydrogen-bond donors (Lipinski definition) is 0. The summed E-state index contributed by atoms with van der Waals surface area (Å²) in [6, 6.07) is 17.4. The first-order valence-corrected chi connectivity index (χ1v) is 13.5. The van der Waals surface area contributed by atoms with E-state index in [4.69, 9.17) is 0 Å². The number of aryl methyl sites for hydroxylation is 1. The topological polar surface area (TPSA) is 7.12 Å². The third-order valence-corrected chi connectivity index (χ3v) is 8.55. The maximum absolute atomic E-state index is 2.44. The molecule has 0 bridgehead atoms. The van der Waals surface area contributed by atoms with Gasteiger partial charge < -0.3 is 4.90 Å². The van der Waals surface area contributed by atoms with E-state index in [0.29, 0.717) is 5.92 Å². The van der Waals surface area contributed by atoms with Gasteiger partial charge >= 0.3 is 0 Å². The van der Waals surface area contributed by atoms with E-state index in [2.05, 4.69) is 109 Å². The van der Waals surface area contributed by atoms with Crippen LogP contribution in [-0.2, 0) is 6.54 Å². The summed E-state index contributed by atoms with van der Waals surface area (Å²) in [6.45, 7) is 8.81. The Balaban J connectivity index is 1.40. The number of hydrogen-bond acceptors (Lipinski definition) is 3. The zero-order valence-electron chi connectivity index (χ0n) is 19.6. The lowest BCUT2D eigenvalue weighted by molar-refractivity contribution is -0.665. The molecule has 0 saturated carbocycles. The number of benzene rings is 2. The number of aromatic nitrogens is 1. The van der Waals surface area contributed by atoms with Gasteiger partial charge in [-0.25, -0.2) is 0 Å². The normalized spacial score (nSPS) is 20.9. The highest BCUT2D eigenvalue weighted by atomic mass is 32.2. The van der Waals surface area contributed by atoms with Crippen LogP contribution < -0.4 is 9.47 Å². The van der Waals surface area contributed by atoms with Gasteiger partial charge in [0.2, 0.25) is 5.52 Å². The summed E-state index contributed by atoms with van der Waals surface area (Å²) in [5.41, 5.74) is 5.53. The van der Waals surface area contributed by atoms with Crippen LogP contribution in [-0.4, -0.2) is 6.54 Å². The van der Waals surface area contributed by atoms with Crippen molar-refractivity contribution in [1.29, 1.82) is 0 Å². The van der Waals surface area contributed by atoms with Gasteiger partial charge in [-0.15, -0.1) is 0 Å². The Bertz CT molecular complexity index is 1290. The Morgan fingerprint density at radius 1 is 1.06 bits per heavy atom. The maximum atomic E-state index is 2.44. The van der Waals surface area contributed by atoms with Crippen LogP contribution in [0, 0.1) is 5.92 Å². The predicted octanol–water partition coefficient (Wildman–Crippen LogP) is 7.98. The minimum Gasteiger partial charge on any atom is -0.335 e. The van der Waals surface area contributed by atoms with Gasteiger partial charge in [-0.05, 0) is 68.0 Å². The van der Waals surface area contributed by atoms with Crippen molar-refractivity contribution >= 4 is 45.1 Å². The monoisotopic (exact) mass is 471 g/mol. The smallest absolute Gasteiger partial charge is 0.262 e. The van der Waals surface area contributed by atoms with Crippen molar-refractivity contribution in [2.45, 2.75) is 45.1 Å². The molecule has 0 fully saturated rings. The molecule has 0 radical (unpaired) electrons. The second-order valence-corrected chi connectivity index (χ2v) is 10.9. The largest absolute Gasteiger partial charge is 0.335 e. The van der Waals surface area contributed by atoms with Gasteiger partial charge in [-0.2, -0.15) is 4.57 Å². The summed E-state index contributed by atoms with van der Waals surface area (Å²) in [4.78, 5) is 3.80. The molecule has 5 rings (SSSR count). The van der Waals surface area contributed by atoms with Crippen molar-refractivity contribution in [2.75, 3.05) is 11.4 Å². The van der Waals surface area contributed by atoms with Gasteiger partial charge in [-0.1, -0.05) is 72.5 Å².